The summed E-state index contributed by atoms with van der Waals surface area (Å²) in [5, 5.41) is 30.3. The lowest BCUT2D eigenvalue weighted by Gasteiger charge is -2.44. The lowest BCUT2D eigenvalue weighted by atomic mass is 9.61. The van der Waals surface area contributed by atoms with Crippen LogP contribution in [-0.2, 0) is 4.79 Å². The van der Waals surface area contributed by atoms with Gasteiger partial charge in [0.2, 0.25) is 0 Å². The molecule has 5 saturated carbocycles. The normalized spacial score (nSPS) is 37.3. The van der Waals surface area contributed by atoms with Crippen LogP contribution in [0.3, 0.4) is 0 Å². The van der Waals surface area contributed by atoms with Crippen molar-refractivity contribution in [2.24, 2.45) is 58.2 Å². The third kappa shape index (κ3) is 9.87. The Hall–Kier alpha value is -1.75. The highest BCUT2D eigenvalue weighted by atomic mass is 16.3. The average molecular weight is 705 g/mol. The van der Waals surface area contributed by atoms with E-state index in [2.05, 4.69) is 84.6 Å². The minimum absolute atomic E-state index is 0.151. The molecule has 0 spiro atoms. The average Bonchev–Trinajstić information content (AvgIpc) is 3.59. The van der Waals surface area contributed by atoms with E-state index in [1.54, 1.807) is 5.57 Å². The van der Waals surface area contributed by atoms with E-state index >= 15 is 0 Å². The summed E-state index contributed by atoms with van der Waals surface area (Å²) < 4.78 is 0. The van der Waals surface area contributed by atoms with Gasteiger partial charge in [0.05, 0.1) is 17.3 Å². The Balaban J connectivity index is 0.000000244. The zero-order chi connectivity index (χ0) is 37.9. The van der Waals surface area contributed by atoms with Gasteiger partial charge in [-0.15, -0.1) is 0 Å². The first-order chi connectivity index (χ1) is 23.7. The van der Waals surface area contributed by atoms with Gasteiger partial charge in [-0.05, 0) is 151 Å². The van der Waals surface area contributed by atoms with Gasteiger partial charge in [-0.25, -0.2) is 0 Å². The number of hydrogen-bond acceptors (Lipinski definition) is 4. The first-order valence-corrected chi connectivity index (χ1v) is 20.8. The van der Waals surface area contributed by atoms with Crippen molar-refractivity contribution in [2.45, 2.75) is 170 Å². The molecule has 0 unspecified atom stereocenters. The molecule has 0 heterocycles. The van der Waals surface area contributed by atoms with Gasteiger partial charge in [-0.2, -0.15) is 0 Å². The third-order valence-electron chi connectivity index (χ3n) is 15.1. The zero-order valence-electron chi connectivity index (χ0n) is 34.3. The Morgan fingerprint density at radius 1 is 0.706 bits per heavy atom. The first-order valence-electron chi connectivity index (χ1n) is 20.8. The fourth-order valence-electron chi connectivity index (χ4n) is 10.8. The first kappa shape index (κ1) is 42.0. The summed E-state index contributed by atoms with van der Waals surface area (Å²) in [7, 11) is 0. The van der Waals surface area contributed by atoms with Gasteiger partial charge < -0.3 is 15.3 Å². The second kappa shape index (κ2) is 16.7. The van der Waals surface area contributed by atoms with Crippen molar-refractivity contribution in [3.05, 3.63) is 59.8 Å². The molecule has 5 fully saturated rings. The second-order valence-corrected chi connectivity index (χ2v) is 19.5. The molecule has 3 N–H and O–H groups in total. The highest BCUT2D eigenvalue weighted by Gasteiger charge is 2.52. The SMILES string of the molecule is C=C1CC[C@H](O)C/C1=C/C=C1\CCC[C@]2(C)[C@@H]([C@H](C)/C=C/[C@H](C)C(C)(C)O)CC[C@@H]12.C[C@H](/C=C/[C@H](C)C(C)(C)O)[C@H]1CC[C@H]2C(=O)CCC[C@]12C. The fraction of sp³-hybridized carbons (Fsp3) is 0.766. The van der Waals surface area contributed by atoms with Crippen LogP contribution in [0.25, 0.3) is 0 Å². The van der Waals surface area contributed by atoms with Gasteiger partial charge in [-0.3, -0.25) is 4.79 Å². The highest BCUT2D eigenvalue weighted by Crippen LogP contribution is 2.60. The van der Waals surface area contributed by atoms with E-state index in [4.69, 9.17) is 0 Å². The van der Waals surface area contributed by atoms with Crippen molar-refractivity contribution in [3.8, 4) is 0 Å². The smallest absolute Gasteiger partial charge is 0.136 e. The Morgan fingerprint density at radius 3 is 1.73 bits per heavy atom. The van der Waals surface area contributed by atoms with E-state index in [1.807, 2.05) is 27.7 Å². The van der Waals surface area contributed by atoms with Crippen molar-refractivity contribution in [1.29, 1.82) is 0 Å². The lowest BCUT2D eigenvalue weighted by Crippen LogP contribution is -2.39. The number of ketones is 1. The van der Waals surface area contributed by atoms with Crippen molar-refractivity contribution in [1.82, 2.24) is 0 Å². The maximum Gasteiger partial charge on any atom is 0.136 e. The van der Waals surface area contributed by atoms with E-state index < -0.39 is 11.2 Å². The maximum atomic E-state index is 12.2. The quantitative estimate of drug-likeness (QED) is 0.209. The molecule has 5 rings (SSSR count). The molecule has 0 aromatic carbocycles. The van der Waals surface area contributed by atoms with Crippen LogP contribution in [0.15, 0.2) is 59.8 Å². The number of aliphatic hydroxyl groups excluding tert-OH is 1. The van der Waals surface area contributed by atoms with E-state index in [0.29, 0.717) is 46.7 Å². The molecule has 0 aromatic rings. The van der Waals surface area contributed by atoms with Crippen molar-refractivity contribution in [3.63, 3.8) is 0 Å². The van der Waals surface area contributed by atoms with Crippen LogP contribution in [-0.4, -0.2) is 38.4 Å². The van der Waals surface area contributed by atoms with E-state index in [9.17, 15) is 20.1 Å². The number of hydrogen-bond donors (Lipinski definition) is 3. The number of carbonyl (C=O) groups is 1. The van der Waals surface area contributed by atoms with E-state index in [1.165, 1.54) is 56.1 Å². The van der Waals surface area contributed by atoms with E-state index in [-0.39, 0.29) is 23.4 Å². The van der Waals surface area contributed by atoms with Gasteiger partial charge in [0.25, 0.3) is 0 Å². The van der Waals surface area contributed by atoms with Crippen molar-refractivity contribution >= 4 is 5.78 Å². The Morgan fingerprint density at radius 2 is 1.20 bits per heavy atom. The summed E-state index contributed by atoms with van der Waals surface area (Å²) >= 11 is 0. The van der Waals surface area contributed by atoms with Gasteiger partial charge in [0.1, 0.15) is 5.78 Å². The summed E-state index contributed by atoms with van der Waals surface area (Å²) in [5.74, 6) is 4.14. The molecule has 11 atom stereocenters. The fourth-order valence-corrected chi connectivity index (χ4v) is 10.8. The largest absolute Gasteiger partial charge is 0.393 e. The number of aliphatic hydroxyl groups is 3. The second-order valence-electron chi connectivity index (χ2n) is 19.5. The standard InChI is InChI=1S/C28H44O2.C19H32O2/c1-19-10-14-24(29)18-23(19)13-12-22-8-7-17-28(6)25(15-16-26(22)28)20(2)9-11-21(3)27(4,5)30;1-13(8-9-14(2)18(3,4)21)15-10-11-16-17(20)7-6-12-19(15,16)5/h9,11-13,20-21,24-26,29-30H,1,7-8,10,14-18H2,2-6H3;8-9,13-16,21H,6-7,10-12H2,1-5H3/b11-9+,22-12+,23-13-;9-8+/t20-,21+,24+,25-,26+,28-;13-,14+,15-,16+,19-/m11/s1. The molecular formula is C47H76O4. The molecule has 4 heteroatoms. The monoisotopic (exact) mass is 705 g/mol. The molecule has 0 amide bonds. The number of Topliss-reactive ketones (excluding diaryl/α,β-unsaturated/α-hetero) is 1. The molecule has 4 nitrogen and oxygen atoms in total. The maximum absolute atomic E-state index is 12.2. The van der Waals surface area contributed by atoms with Crippen molar-refractivity contribution < 1.29 is 20.1 Å². The number of rotatable bonds is 9. The van der Waals surface area contributed by atoms with Crippen LogP contribution in [0.1, 0.15) is 153 Å². The minimum atomic E-state index is -0.668. The van der Waals surface area contributed by atoms with Crippen LogP contribution in [0, 0.1) is 58.2 Å². The molecule has 288 valence electrons. The van der Waals surface area contributed by atoms with Crippen LogP contribution in [0.4, 0.5) is 0 Å². The summed E-state index contributed by atoms with van der Waals surface area (Å²) in [6.45, 7) is 25.4. The topological polar surface area (TPSA) is 77.8 Å². The molecule has 51 heavy (non-hydrogen) atoms. The Bertz CT molecular complexity index is 1330. The predicted octanol–water partition coefficient (Wildman–Crippen LogP) is 11.1. The Labute approximate surface area is 313 Å². The summed E-state index contributed by atoms with van der Waals surface area (Å²) in [5.41, 5.74) is 3.32. The highest BCUT2D eigenvalue weighted by molar-refractivity contribution is 5.83. The number of carbonyl (C=O) groups excluding carboxylic acids is 1. The molecule has 0 saturated heterocycles. The van der Waals surface area contributed by atoms with Crippen LogP contribution >= 0.6 is 0 Å². The number of allylic oxidation sites excluding steroid dienone is 6. The lowest BCUT2D eigenvalue weighted by molar-refractivity contribution is -0.129. The van der Waals surface area contributed by atoms with Gasteiger partial charge in [0, 0.05) is 24.2 Å². The third-order valence-corrected chi connectivity index (χ3v) is 15.1. The van der Waals surface area contributed by atoms with Crippen LogP contribution in [0.5, 0.6) is 0 Å². The molecule has 0 radical (unpaired) electrons. The predicted molar refractivity (Wildman–Crippen MR) is 214 cm³/mol. The molecule has 0 aliphatic heterocycles. The number of fused-ring (bicyclic) bond motifs is 2. The Kier molecular flexibility index (Phi) is 13.8. The van der Waals surface area contributed by atoms with Crippen LogP contribution in [0.2, 0.25) is 0 Å². The summed E-state index contributed by atoms with van der Waals surface area (Å²) in [4.78, 5) is 12.2. The molecule has 5 aliphatic carbocycles. The molecule has 0 bridgehead atoms. The van der Waals surface area contributed by atoms with Crippen molar-refractivity contribution in [2.75, 3.05) is 0 Å². The van der Waals surface area contributed by atoms with Gasteiger partial charge in [0.15, 0.2) is 0 Å². The van der Waals surface area contributed by atoms with Gasteiger partial charge in [-0.1, -0.05) is 95.7 Å². The van der Waals surface area contributed by atoms with E-state index in [0.717, 1.165) is 38.5 Å². The van der Waals surface area contributed by atoms with Gasteiger partial charge >= 0.3 is 0 Å². The zero-order valence-corrected chi connectivity index (χ0v) is 34.3. The minimum Gasteiger partial charge on any atom is -0.393 e. The molecule has 0 aromatic heterocycles. The van der Waals surface area contributed by atoms with Crippen LogP contribution < -0.4 is 0 Å². The molecular weight excluding hydrogens is 629 g/mol. The summed E-state index contributed by atoms with van der Waals surface area (Å²) in [6.07, 6.45) is 27.7. The molecule has 5 aliphatic rings. The summed E-state index contributed by atoms with van der Waals surface area (Å²) in [6, 6.07) is 0.